The molecule has 2 saturated carbocycles. The van der Waals surface area contributed by atoms with E-state index in [2.05, 4.69) is 6.92 Å². The molecule has 2 aliphatic carbocycles. The molecule has 0 radical (unpaired) electrons. The van der Waals surface area contributed by atoms with Gasteiger partial charge in [0.05, 0.1) is 6.10 Å². The number of hydrogen-bond acceptors (Lipinski definition) is 1. The highest BCUT2D eigenvalue weighted by Crippen LogP contribution is 2.55. The first kappa shape index (κ1) is 7.60. The van der Waals surface area contributed by atoms with E-state index in [1.54, 1.807) is 0 Å². The van der Waals surface area contributed by atoms with Crippen molar-refractivity contribution in [2.45, 2.75) is 51.6 Å². The minimum atomic E-state index is 0.0219. The standard InChI is InChI=1S/C10H18O/c1-10(6-7-10)8-2-4-9(11)5-3-8/h8-9,11H,2-7H2,1H3. The Hall–Kier alpha value is -0.0400. The highest BCUT2D eigenvalue weighted by molar-refractivity contribution is 4.96. The van der Waals surface area contributed by atoms with Crippen molar-refractivity contribution in [3.8, 4) is 0 Å². The lowest BCUT2D eigenvalue weighted by molar-refractivity contribution is 0.0891. The number of hydrogen-bond donors (Lipinski definition) is 1. The van der Waals surface area contributed by atoms with Crippen LogP contribution in [0, 0.1) is 11.3 Å². The van der Waals surface area contributed by atoms with Crippen LogP contribution in [-0.4, -0.2) is 11.2 Å². The largest absolute Gasteiger partial charge is 0.393 e. The van der Waals surface area contributed by atoms with Gasteiger partial charge in [0.25, 0.3) is 0 Å². The Morgan fingerprint density at radius 3 is 2.09 bits per heavy atom. The van der Waals surface area contributed by atoms with Crippen LogP contribution in [0.15, 0.2) is 0 Å². The summed E-state index contributed by atoms with van der Waals surface area (Å²) in [4.78, 5) is 0. The molecule has 0 aromatic heterocycles. The minimum absolute atomic E-state index is 0.0219. The van der Waals surface area contributed by atoms with Crippen molar-refractivity contribution in [1.82, 2.24) is 0 Å². The van der Waals surface area contributed by atoms with Gasteiger partial charge >= 0.3 is 0 Å². The minimum Gasteiger partial charge on any atom is -0.393 e. The molecule has 1 N–H and O–H groups in total. The molecule has 0 aromatic rings. The zero-order valence-electron chi connectivity index (χ0n) is 7.34. The molecule has 2 rings (SSSR count). The van der Waals surface area contributed by atoms with Crippen LogP contribution in [0.3, 0.4) is 0 Å². The summed E-state index contributed by atoms with van der Waals surface area (Å²) in [6, 6.07) is 0. The molecule has 2 aliphatic rings. The monoisotopic (exact) mass is 154 g/mol. The topological polar surface area (TPSA) is 20.2 Å². The first-order valence-corrected chi connectivity index (χ1v) is 4.89. The molecular formula is C10H18O. The van der Waals surface area contributed by atoms with Gasteiger partial charge in [-0.2, -0.15) is 0 Å². The van der Waals surface area contributed by atoms with Crippen LogP contribution < -0.4 is 0 Å². The predicted molar refractivity (Wildman–Crippen MR) is 45.3 cm³/mol. The Labute approximate surface area is 68.8 Å². The molecule has 64 valence electrons. The van der Waals surface area contributed by atoms with Crippen LogP contribution in [0.1, 0.15) is 45.4 Å². The summed E-state index contributed by atoms with van der Waals surface area (Å²) in [5, 5.41) is 9.31. The van der Waals surface area contributed by atoms with Gasteiger partial charge in [0.2, 0.25) is 0 Å². The van der Waals surface area contributed by atoms with Crippen LogP contribution in [0.4, 0.5) is 0 Å². The van der Waals surface area contributed by atoms with Crippen LogP contribution in [0.5, 0.6) is 0 Å². The fourth-order valence-electron chi connectivity index (χ4n) is 2.38. The van der Waals surface area contributed by atoms with Crippen LogP contribution >= 0.6 is 0 Å². The highest BCUT2D eigenvalue weighted by Gasteiger charge is 2.45. The third-order valence-electron chi connectivity index (χ3n) is 3.72. The summed E-state index contributed by atoms with van der Waals surface area (Å²) >= 11 is 0. The lowest BCUT2D eigenvalue weighted by Gasteiger charge is -2.30. The smallest absolute Gasteiger partial charge is 0.0540 e. The second-order valence-corrected chi connectivity index (χ2v) is 4.66. The lowest BCUT2D eigenvalue weighted by atomic mass is 9.78. The average Bonchev–Trinajstić information content (AvgIpc) is 2.70. The molecule has 0 atom stereocenters. The molecule has 2 fully saturated rings. The molecule has 0 heterocycles. The molecule has 0 unspecified atom stereocenters. The Kier molecular flexibility index (Phi) is 1.71. The maximum atomic E-state index is 9.31. The summed E-state index contributed by atoms with van der Waals surface area (Å²) in [5.74, 6) is 0.936. The third kappa shape index (κ3) is 1.44. The van der Waals surface area contributed by atoms with Crippen LogP contribution in [0.25, 0.3) is 0 Å². The zero-order valence-corrected chi connectivity index (χ0v) is 7.34. The number of rotatable bonds is 1. The van der Waals surface area contributed by atoms with E-state index in [-0.39, 0.29) is 6.10 Å². The molecule has 1 nitrogen and oxygen atoms in total. The van der Waals surface area contributed by atoms with Gasteiger partial charge in [0.15, 0.2) is 0 Å². The van der Waals surface area contributed by atoms with Gasteiger partial charge in [-0.05, 0) is 49.9 Å². The van der Waals surface area contributed by atoms with Gasteiger partial charge in [0, 0.05) is 0 Å². The zero-order chi connectivity index (χ0) is 7.90. The summed E-state index contributed by atoms with van der Waals surface area (Å²) in [5.41, 5.74) is 0.695. The van der Waals surface area contributed by atoms with Gasteiger partial charge in [-0.15, -0.1) is 0 Å². The molecular weight excluding hydrogens is 136 g/mol. The Balaban J connectivity index is 1.87. The molecule has 0 saturated heterocycles. The maximum Gasteiger partial charge on any atom is 0.0540 e. The predicted octanol–water partition coefficient (Wildman–Crippen LogP) is 2.34. The number of aliphatic hydroxyl groups excluding tert-OH is 1. The van der Waals surface area contributed by atoms with E-state index < -0.39 is 0 Å². The fraction of sp³-hybridized carbons (Fsp3) is 1.00. The second kappa shape index (κ2) is 2.48. The maximum absolute atomic E-state index is 9.31. The van der Waals surface area contributed by atoms with E-state index >= 15 is 0 Å². The van der Waals surface area contributed by atoms with Gasteiger partial charge < -0.3 is 5.11 Å². The van der Waals surface area contributed by atoms with Crippen molar-refractivity contribution in [3.05, 3.63) is 0 Å². The summed E-state index contributed by atoms with van der Waals surface area (Å²) < 4.78 is 0. The van der Waals surface area contributed by atoms with Crippen molar-refractivity contribution >= 4 is 0 Å². The Morgan fingerprint density at radius 1 is 1.09 bits per heavy atom. The van der Waals surface area contributed by atoms with E-state index in [1.165, 1.54) is 25.7 Å². The third-order valence-corrected chi connectivity index (χ3v) is 3.72. The van der Waals surface area contributed by atoms with Crippen LogP contribution in [-0.2, 0) is 0 Å². The SMILES string of the molecule is CC1(C2CCC(O)CC2)CC1. The Morgan fingerprint density at radius 2 is 1.64 bits per heavy atom. The molecule has 0 amide bonds. The van der Waals surface area contributed by atoms with Crippen LogP contribution in [0.2, 0.25) is 0 Å². The van der Waals surface area contributed by atoms with Gasteiger partial charge in [-0.1, -0.05) is 6.92 Å². The second-order valence-electron chi connectivity index (χ2n) is 4.66. The molecule has 0 spiro atoms. The lowest BCUT2D eigenvalue weighted by Crippen LogP contribution is -2.23. The molecule has 0 aliphatic heterocycles. The van der Waals surface area contributed by atoms with E-state index in [9.17, 15) is 5.11 Å². The number of aliphatic hydroxyl groups is 1. The van der Waals surface area contributed by atoms with E-state index in [1.807, 2.05) is 0 Å². The molecule has 0 aromatic carbocycles. The highest BCUT2D eigenvalue weighted by atomic mass is 16.3. The molecule has 0 bridgehead atoms. The first-order valence-electron chi connectivity index (χ1n) is 4.89. The van der Waals surface area contributed by atoms with Gasteiger partial charge in [-0.25, -0.2) is 0 Å². The molecule has 11 heavy (non-hydrogen) atoms. The van der Waals surface area contributed by atoms with Gasteiger partial charge in [0.1, 0.15) is 0 Å². The first-order chi connectivity index (χ1) is 5.21. The van der Waals surface area contributed by atoms with E-state index in [0.29, 0.717) is 5.41 Å². The van der Waals surface area contributed by atoms with Crippen molar-refractivity contribution < 1.29 is 5.11 Å². The fourth-order valence-corrected chi connectivity index (χ4v) is 2.38. The normalized spacial score (nSPS) is 42.0. The quantitative estimate of drug-likeness (QED) is 0.614. The summed E-state index contributed by atoms with van der Waals surface area (Å²) in [6.07, 6.45) is 7.56. The molecule has 1 heteroatoms. The van der Waals surface area contributed by atoms with Crippen molar-refractivity contribution in [2.24, 2.45) is 11.3 Å². The average molecular weight is 154 g/mol. The van der Waals surface area contributed by atoms with Gasteiger partial charge in [-0.3, -0.25) is 0 Å². The van der Waals surface area contributed by atoms with Crippen molar-refractivity contribution in [3.63, 3.8) is 0 Å². The Bertz CT molecular complexity index is 141. The summed E-state index contributed by atoms with van der Waals surface area (Å²) in [7, 11) is 0. The van der Waals surface area contributed by atoms with E-state index in [0.717, 1.165) is 18.8 Å². The van der Waals surface area contributed by atoms with E-state index in [4.69, 9.17) is 0 Å². The summed E-state index contributed by atoms with van der Waals surface area (Å²) in [6.45, 7) is 2.41. The van der Waals surface area contributed by atoms with Crippen molar-refractivity contribution in [2.75, 3.05) is 0 Å². The van der Waals surface area contributed by atoms with Crippen molar-refractivity contribution in [1.29, 1.82) is 0 Å².